The standard InChI is InChI=1S/C18H24F3NO3/c1-11(2)7-12(9-23)8-16(24)15-6-5-14(13-3-4-13)17(22-15)25-10-18(19,20)21/h5-6,11-13,23H,3-4,7-10H2,1-2H3/t12-/m1/s1. The number of alkyl halides is 3. The van der Waals surface area contributed by atoms with E-state index in [0.29, 0.717) is 17.9 Å². The summed E-state index contributed by atoms with van der Waals surface area (Å²) in [7, 11) is 0. The molecule has 0 spiro atoms. The molecule has 2 rings (SSSR count). The molecule has 0 saturated heterocycles. The molecule has 140 valence electrons. The Balaban J connectivity index is 2.13. The number of carbonyl (C=O) groups is 1. The van der Waals surface area contributed by atoms with Gasteiger partial charge in [-0.05, 0) is 43.1 Å². The summed E-state index contributed by atoms with van der Waals surface area (Å²) in [4.78, 5) is 16.4. The third kappa shape index (κ3) is 6.30. The normalized spacial score (nSPS) is 16.1. The number of ketones is 1. The fourth-order valence-corrected chi connectivity index (χ4v) is 2.83. The predicted molar refractivity (Wildman–Crippen MR) is 86.7 cm³/mol. The van der Waals surface area contributed by atoms with Gasteiger partial charge in [0.1, 0.15) is 5.69 Å². The monoisotopic (exact) mass is 359 g/mol. The lowest BCUT2D eigenvalue weighted by Gasteiger charge is -2.16. The summed E-state index contributed by atoms with van der Waals surface area (Å²) in [6.07, 6.45) is -1.87. The van der Waals surface area contributed by atoms with Crippen LogP contribution in [0.2, 0.25) is 0 Å². The number of hydrogen-bond donors (Lipinski definition) is 1. The van der Waals surface area contributed by atoms with Gasteiger partial charge in [-0.3, -0.25) is 4.79 Å². The molecule has 0 amide bonds. The van der Waals surface area contributed by atoms with Gasteiger partial charge in [0, 0.05) is 18.6 Å². The Morgan fingerprint density at radius 2 is 2.04 bits per heavy atom. The van der Waals surface area contributed by atoms with Gasteiger partial charge in [-0.15, -0.1) is 0 Å². The van der Waals surface area contributed by atoms with Gasteiger partial charge in [0.15, 0.2) is 12.4 Å². The summed E-state index contributed by atoms with van der Waals surface area (Å²) in [6, 6.07) is 3.18. The lowest BCUT2D eigenvalue weighted by atomic mass is 9.92. The number of Topliss-reactive ketones (excluding diaryl/α,β-unsaturated/α-hetero) is 1. The first-order chi connectivity index (χ1) is 11.7. The number of pyridine rings is 1. The van der Waals surface area contributed by atoms with Crippen molar-refractivity contribution in [2.45, 2.75) is 51.6 Å². The van der Waals surface area contributed by atoms with E-state index in [1.54, 1.807) is 12.1 Å². The summed E-state index contributed by atoms with van der Waals surface area (Å²) >= 11 is 0. The van der Waals surface area contributed by atoms with Gasteiger partial charge in [0.25, 0.3) is 0 Å². The van der Waals surface area contributed by atoms with Crippen LogP contribution in [-0.4, -0.2) is 35.3 Å². The van der Waals surface area contributed by atoms with Crippen LogP contribution in [0.15, 0.2) is 12.1 Å². The molecule has 0 aromatic carbocycles. The van der Waals surface area contributed by atoms with E-state index >= 15 is 0 Å². The Bertz CT molecular complexity index is 598. The Morgan fingerprint density at radius 3 is 2.56 bits per heavy atom. The largest absolute Gasteiger partial charge is 0.468 e. The van der Waals surface area contributed by atoms with Gasteiger partial charge in [-0.1, -0.05) is 19.9 Å². The molecule has 0 aliphatic heterocycles. The Kier molecular flexibility index (Phi) is 6.43. The average molecular weight is 359 g/mol. The van der Waals surface area contributed by atoms with E-state index in [0.717, 1.165) is 12.8 Å². The molecule has 0 unspecified atom stereocenters. The Hall–Kier alpha value is -1.63. The van der Waals surface area contributed by atoms with Crippen molar-refractivity contribution in [2.75, 3.05) is 13.2 Å². The third-order valence-electron chi connectivity index (χ3n) is 4.10. The van der Waals surface area contributed by atoms with Crippen LogP contribution in [0.4, 0.5) is 13.2 Å². The van der Waals surface area contributed by atoms with E-state index in [9.17, 15) is 23.1 Å². The predicted octanol–water partition coefficient (Wildman–Crippen LogP) is 4.13. The second-order valence-corrected chi connectivity index (χ2v) is 7.07. The molecule has 1 aliphatic carbocycles. The number of carbonyl (C=O) groups excluding carboxylic acids is 1. The first-order valence-corrected chi connectivity index (χ1v) is 8.54. The molecule has 1 heterocycles. The molecule has 1 atom stereocenters. The smallest absolute Gasteiger partial charge is 0.422 e. The lowest BCUT2D eigenvalue weighted by Crippen LogP contribution is -2.21. The quantitative estimate of drug-likeness (QED) is 0.674. The van der Waals surface area contributed by atoms with Gasteiger partial charge in [-0.25, -0.2) is 4.98 Å². The van der Waals surface area contributed by atoms with Crippen LogP contribution in [0, 0.1) is 11.8 Å². The average Bonchev–Trinajstić information content (AvgIpc) is 3.35. The summed E-state index contributed by atoms with van der Waals surface area (Å²) < 4.78 is 42.2. The van der Waals surface area contributed by atoms with Crippen LogP contribution in [0.1, 0.15) is 61.5 Å². The van der Waals surface area contributed by atoms with Crippen LogP contribution < -0.4 is 4.74 Å². The molecule has 1 N–H and O–H groups in total. The summed E-state index contributed by atoms with van der Waals surface area (Å²) in [5.41, 5.74) is 0.713. The molecule has 25 heavy (non-hydrogen) atoms. The number of hydrogen-bond acceptors (Lipinski definition) is 4. The SMILES string of the molecule is CC(C)C[C@@H](CO)CC(=O)c1ccc(C2CC2)c(OCC(F)(F)F)n1. The van der Waals surface area contributed by atoms with Crippen molar-refractivity contribution in [3.05, 3.63) is 23.4 Å². The fraction of sp³-hybridized carbons (Fsp3) is 0.667. The summed E-state index contributed by atoms with van der Waals surface area (Å²) in [5, 5.41) is 9.40. The number of aliphatic hydroxyl groups is 1. The molecule has 1 aromatic heterocycles. The minimum Gasteiger partial charge on any atom is -0.468 e. The number of halogens is 3. The highest BCUT2D eigenvalue weighted by molar-refractivity contribution is 5.94. The number of aliphatic hydroxyl groups excluding tert-OH is 1. The van der Waals surface area contributed by atoms with Crippen molar-refractivity contribution in [3.63, 3.8) is 0 Å². The van der Waals surface area contributed by atoms with Crippen LogP contribution >= 0.6 is 0 Å². The van der Waals surface area contributed by atoms with E-state index < -0.39 is 12.8 Å². The number of aromatic nitrogens is 1. The van der Waals surface area contributed by atoms with Crippen molar-refractivity contribution in [3.8, 4) is 5.88 Å². The zero-order valence-electron chi connectivity index (χ0n) is 14.5. The van der Waals surface area contributed by atoms with Crippen molar-refractivity contribution in [2.24, 2.45) is 11.8 Å². The first kappa shape index (κ1) is 19.7. The van der Waals surface area contributed by atoms with E-state index in [2.05, 4.69) is 4.98 Å². The molecule has 0 bridgehead atoms. The molecule has 1 aromatic rings. The van der Waals surface area contributed by atoms with Crippen molar-refractivity contribution < 1.29 is 27.8 Å². The molecule has 7 heteroatoms. The van der Waals surface area contributed by atoms with Crippen LogP contribution in [0.3, 0.4) is 0 Å². The van der Waals surface area contributed by atoms with Crippen molar-refractivity contribution >= 4 is 5.78 Å². The van der Waals surface area contributed by atoms with Gasteiger partial charge in [0.2, 0.25) is 5.88 Å². The van der Waals surface area contributed by atoms with E-state index in [1.807, 2.05) is 13.8 Å². The minimum atomic E-state index is -4.46. The lowest BCUT2D eigenvalue weighted by molar-refractivity contribution is -0.154. The molecule has 1 saturated carbocycles. The van der Waals surface area contributed by atoms with Crippen LogP contribution in [-0.2, 0) is 0 Å². The molecule has 1 fully saturated rings. The summed E-state index contributed by atoms with van der Waals surface area (Å²) in [6.45, 7) is 2.46. The molecule has 1 aliphatic rings. The molecule has 0 radical (unpaired) electrons. The van der Waals surface area contributed by atoms with Crippen molar-refractivity contribution in [1.82, 2.24) is 4.98 Å². The minimum absolute atomic E-state index is 0.0868. The highest BCUT2D eigenvalue weighted by Gasteiger charge is 2.32. The first-order valence-electron chi connectivity index (χ1n) is 8.54. The van der Waals surface area contributed by atoms with Gasteiger partial charge in [-0.2, -0.15) is 13.2 Å². The highest BCUT2D eigenvalue weighted by Crippen LogP contribution is 2.44. The molecular formula is C18H24F3NO3. The molecule has 4 nitrogen and oxygen atoms in total. The van der Waals surface area contributed by atoms with Gasteiger partial charge in [0.05, 0.1) is 0 Å². The maximum absolute atomic E-state index is 12.4. The van der Waals surface area contributed by atoms with E-state index in [1.165, 1.54) is 0 Å². The zero-order valence-corrected chi connectivity index (χ0v) is 14.5. The topological polar surface area (TPSA) is 59.4 Å². The summed E-state index contributed by atoms with van der Waals surface area (Å²) in [5.74, 6) is -0.0854. The Labute approximate surface area is 145 Å². The van der Waals surface area contributed by atoms with E-state index in [4.69, 9.17) is 4.74 Å². The van der Waals surface area contributed by atoms with Gasteiger partial charge >= 0.3 is 6.18 Å². The van der Waals surface area contributed by atoms with Crippen LogP contribution in [0.5, 0.6) is 5.88 Å². The maximum Gasteiger partial charge on any atom is 0.422 e. The second kappa shape index (κ2) is 8.17. The highest BCUT2D eigenvalue weighted by atomic mass is 19.4. The second-order valence-electron chi connectivity index (χ2n) is 7.07. The van der Waals surface area contributed by atoms with Gasteiger partial charge < -0.3 is 9.84 Å². The fourth-order valence-electron chi connectivity index (χ4n) is 2.83. The molecular weight excluding hydrogens is 335 g/mol. The van der Waals surface area contributed by atoms with E-state index in [-0.39, 0.29) is 42.2 Å². The number of nitrogens with zero attached hydrogens (tertiary/aromatic N) is 1. The number of rotatable bonds is 9. The maximum atomic E-state index is 12.4. The number of ether oxygens (including phenoxy) is 1. The third-order valence-corrected chi connectivity index (χ3v) is 4.10. The van der Waals surface area contributed by atoms with Crippen LogP contribution in [0.25, 0.3) is 0 Å². The zero-order chi connectivity index (χ0) is 18.6. The Morgan fingerprint density at radius 1 is 1.36 bits per heavy atom. The van der Waals surface area contributed by atoms with Crippen molar-refractivity contribution in [1.29, 1.82) is 0 Å².